The van der Waals surface area contributed by atoms with Crippen molar-refractivity contribution in [2.24, 2.45) is 0 Å². The van der Waals surface area contributed by atoms with Crippen LogP contribution in [0.5, 0.6) is 0 Å². The fourth-order valence-corrected chi connectivity index (χ4v) is 3.56. The van der Waals surface area contributed by atoms with Crippen LogP contribution in [0.4, 0.5) is 5.69 Å². The van der Waals surface area contributed by atoms with Crippen LogP contribution in [0.15, 0.2) is 21.7 Å². The molecule has 1 aliphatic rings. The lowest BCUT2D eigenvalue weighted by molar-refractivity contribution is 0.483. The van der Waals surface area contributed by atoms with E-state index in [-0.39, 0.29) is 10.9 Å². The number of hydrogen-bond donors (Lipinski definition) is 0. The van der Waals surface area contributed by atoms with E-state index in [1.165, 1.54) is 12.0 Å². The monoisotopic (exact) mass is 297 g/mol. The first-order valence-electron chi connectivity index (χ1n) is 8.10. The lowest BCUT2D eigenvalue weighted by Crippen LogP contribution is -2.47. The summed E-state index contributed by atoms with van der Waals surface area (Å²) < 4.78 is 0. The molecule has 1 heterocycles. The summed E-state index contributed by atoms with van der Waals surface area (Å²) in [5, 5.41) is 0. The van der Waals surface area contributed by atoms with Gasteiger partial charge in [0.15, 0.2) is 0 Å². The smallest absolute Gasteiger partial charge is 0.250 e. The minimum atomic E-state index is -0.320. The Hall–Kier alpha value is -1.90. The van der Waals surface area contributed by atoms with Crippen molar-refractivity contribution < 1.29 is 0 Å². The van der Waals surface area contributed by atoms with Gasteiger partial charge in [-0.2, -0.15) is 0 Å². The van der Waals surface area contributed by atoms with Crippen molar-refractivity contribution in [1.29, 1.82) is 0 Å². The summed E-state index contributed by atoms with van der Waals surface area (Å²) in [6.07, 6.45) is 3.38. The molecule has 1 saturated heterocycles. The molecule has 1 aliphatic heterocycles. The third kappa shape index (κ3) is 2.20. The molecule has 2 aromatic rings. The molecule has 22 heavy (non-hydrogen) atoms. The van der Waals surface area contributed by atoms with Gasteiger partial charge in [0.25, 0.3) is 0 Å². The molecular weight excluding hydrogens is 274 g/mol. The summed E-state index contributed by atoms with van der Waals surface area (Å²) in [4.78, 5) is 26.6. The van der Waals surface area contributed by atoms with Crippen LogP contribution in [0.25, 0.3) is 11.1 Å². The molecule has 0 aliphatic carbocycles. The van der Waals surface area contributed by atoms with E-state index in [1.807, 2.05) is 13.8 Å². The molecule has 0 bridgehead atoms. The van der Waals surface area contributed by atoms with Crippen LogP contribution < -0.4 is 15.8 Å². The van der Waals surface area contributed by atoms with E-state index >= 15 is 0 Å². The lowest BCUT2D eigenvalue weighted by atomic mass is 9.89. The minimum Gasteiger partial charge on any atom is -0.365 e. The van der Waals surface area contributed by atoms with Gasteiger partial charge >= 0.3 is 0 Å². The Balaban J connectivity index is 2.14. The first-order valence-corrected chi connectivity index (χ1v) is 8.10. The second-order valence-corrected chi connectivity index (χ2v) is 6.67. The van der Waals surface area contributed by atoms with Gasteiger partial charge in [0.1, 0.15) is 5.69 Å². The Morgan fingerprint density at radius 3 is 2.32 bits per heavy atom. The number of anilines is 1. The predicted octanol–water partition coefficient (Wildman–Crippen LogP) is 3.25. The molecule has 3 nitrogen and oxygen atoms in total. The van der Waals surface area contributed by atoms with Crippen molar-refractivity contribution in [3.8, 4) is 11.1 Å². The minimum absolute atomic E-state index is 0.304. The summed E-state index contributed by atoms with van der Waals surface area (Å²) in [5.74, 6) is 0. The van der Waals surface area contributed by atoms with Gasteiger partial charge in [-0.15, -0.1) is 0 Å². The number of piperidine rings is 1. The van der Waals surface area contributed by atoms with Crippen LogP contribution in [0.1, 0.15) is 42.9 Å². The van der Waals surface area contributed by atoms with E-state index in [2.05, 4.69) is 30.9 Å². The summed E-state index contributed by atoms with van der Waals surface area (Å²) >= 11 is 0. The number of benzene rings is 1. The Labute approximate surface area is 131 Å². The van der Waals surface area contributed by atoms with E-state index in [1.54, 1.807) is 0 Å². The average Bonchev–Trinajstić information content (AvgIpc) is 2.49. The van der Waals surface area contributed by atoms with E-state index in [0.29, 0.717) is 17.3 Å². The number of rotatable bonds is 2. The van der Waals surface area contributed by atoms with Crippen LogP contribution in [-0.2, 0) is 0 Å². The zero-order valence-electron chi connectivity index (χ0n) is 13.8. The molecule has 2 aromatic carbocycles. The first kappa shape index (κ1) is 15.0. The van der Waals surface area contributed by atoms with Crippen molar-refractivity contribution in [2.45, 2.75) is 53.0 Å². The summed E-state index contributed by atoms with van der Waals surface area (Å²) in [7, 11) is 0. The molecule has 1 fully saturated rings. The fourth-order valence-electron chi connectivity index (χ4n) is 3.56. The van der Waals surface area contributed by atoms with Crippen LogP contribution in [0.3, 0.4) is 0 Å². The van der Waals surface area contributed by atoms with Crippen molar-refractivity contribution in [2.75, 3.05) is 11.4 Å². The summed E-state index contributed by atoms with van der Waals surface area (Å²) in [6.45, 7) is 9.16. The molecule has 116 valence electrons. The van der Waals surface area contributed by atoms with Crippen LogP contribution >= 0.6 is 0 Å². The van der Waals surface area contributed by atoms with Gasteiger partial charge in [-0.25, -0.2) is 0 Å². The highest BCUT2D eigenvalue weighted by atomic mass is 16.2. The maximum atomic E-state index is 12.2. The van der Waals surface area contributed by atoms with Crippen LogP contribution in [0.2, 0.25) is 0 Å². The maximum absolute atomic E-state index is 12.2. The molecule has 3 heteroatoms. The van der Waals surface area contributed by atoms with Gasteiger partial charge in [0, 0.05) is 12.6 Å². The number of hydrogen-bond acceptors (Lipinski definition) is 3. The molecule has 0 saturated carbocycles. The van der Waals surface area contributed by atoms with Gasteiger partial charge < -0.3 is 4.90 Å². The summed E-state index contributed by atoms with van der Waals surface area (Å²) in [6, 6.07) is 4.49. The maximum Gasteiger partial charge on any atom is 0.250 e. The standard InChI is InChI=1S/C19H23NO2/c1-11-9-13(3)15(10-12(11)2)16-17(19(22)18(16)21)20-8-6-5-7-14(20)4/h9-10,14H,5-8H2,1-4H3/t14-/m0/s1. The van der Waals surface area contributed by atoms with E-state index in [0.717, 1.165) is 36.1 Å². The van der Waals surface area contributed by atoms with Crippen LogP contribution in [-0.4, -0.2) is 12.6 Å². The molecular formula is C19H23NO2. The average molecular weight is 297 g/mol. The zero-order valence-corrected chi connectivity index (χ0v) is 13.8. The van der Waals surface area contributed by atoms with Crippen LogP contribution in [0, 0.1) is 20.8 Å². The third-order valence-corrected chi connectivity index (χ3v) is 5.09. The highest BCUT2D eigenvalue weighted by molar-refractivity contribution is 5.85. The number of nitrogens with zero attached hydrogens (tertiary/aromatic N) is 1. The molecule has 1 atom stereocenters. The molecule has 0 amide bonds. The predicted molar refractivity (Wildman–Crippen MR) is 91.7 cm³/mol. The highest BCUT2D eigenvalue weighted by Crippen LogP contribution is 2.34. The van der Waals surface area contributed by atoms with E-state index in [4.69, 9.17) is 0 Å². The van der Waals surface area contributed by atoms with Gasteiger partial charge in [-0.1, -0.05) is 12.1 Å². The first-order chi connectivity index (χ1) is 10.4. The molecule has 3 rings (SSSR count). The van der Waals surface area contributed by atoms with Crippen molar-refractivity contribution in [1.82, 2.24) is 0 Å². The van der Waals surface area contributed by atoms with Gasteiger partial charge in [0.05, 0.1) is 5.56 Å². The largest absolute Gasteiger partial charge is 0.365 e. The quantitative estimate of drug-likeness (QED) is 0.799. The van der Waals surface area contributed by atoms with E-state index in [9.17, 15) is 9.59 Å². The Morgan fingerprint density at radius 2 is 1.64 bits per heavy atom. The fraction of sp³-hybridized carbons (Fsp3) is 0.474. The topological polar surface area (TPSA) is 37.4 Å². The second-order valence-electron chi connectivity index (χ2n) is 6.67. The molecule has 0 unspecified atom stereocenters. The van der Waals surface area contributed by atoms with Gasteiger partial charge in [-0.05, 0) is 69.2 Å². The van der Waals surface area contributed by atoms with Gasteiger partial charge in [-0.3, -0.25) is 9.59 Å². The zero-order chi connectivity index (χ0) is 16.0. The molecule has 0 spiro atoms. The van der Waals surface area contributed by atoms with Crippen molar-refractivity contribution >= 4 is 5.69 Å². The molecule has 0 N–H and O–H groups in total. The molecule has 0 aromatic heterocycles. The second kappa shape index (κ2) is 5.38. The lowest BCUT2D eigenvalue weighted by Gasteiger charge is -2.37. The Kier molecular flexibility index (Phi) is 3.67. The van der Waals surface area contributed by atoms with Gasteiger partial charge in [0.2, 0.25) is 10.9 Å². The Bertz CT molecular complexity index is 796. The van der Waals surface area contributed by atoms with E-state index < -0.39 is 0 Å². The number of aryl methyl sites for hydroxylation is 3. The third-order valence-electron chi connectivity index (χ3n) is 5.09. The molecule has 0 radical (unpaired) electrons. The van der Waals surface area contributed by atoms with Crippen molar-refractivity contribution in [3.05, 3.63) is 49.3 Å². The van der Waals surface area contributed by atoms with Crippen molar-refractivity contribution in [3.63, 3.8) is 0 Å². The normalized spacial score (nSPS) is 18.9. The Morgan fingerprint density at radius 1 is 0.955 bits per heavy atom. The summed E-state index contributed by atoms with van der Waals surface area (Å²) in [5.41, 5.74) is 5.05. The SMILES string of the molecule is Cc1cc(C)c(-c2c(N3CCCC[C@@H]3C)c(=O)c2=O)cc1C. The highest BCUT2D eigenvalue weighted by Gasteiger charge is 2.31.